The van der Waals surface area contributed by atoms with Gasteiger partial charge in [-0.2, -0.15) is 0 Å². The molecule has 0 aliphatic rings. The van der Waals surface area contributed by atoms with Crippen LogP contribution in [0.5, 0.6) is 0 Å². The van der Waals surface area contributed by atoms with Crippen LogP contribution in [-0.2, 0) is 0 Å². The first kappa shape index (κ1) is 28.2. The maximum atomic E-state index is 13.3. The van der Waals surface area contributed by atoms with Crippen LogP contribution >= 0.6 is 0 Å². The maximum absolute atomic E-state index is 13.3. The number of rotatable bonds is 5. The molecule has 0 amide bonds. The zero-order chi connectivity index (χ0) is 18.1. The Morgan fingerprint density at radius 1 is 1.10 bits per heavy atom. The third kappa shape index (κ3) is 13.8. The van der Waals surface area contributed by atoms with E-state index in [0.29, 0.717) is 5.57 Å². The van der Waals surface area contributed by atoms with E-state index in [4.69, 9.17) is 0 Å². The number of nitrogens with one attached hydrogen (secondary N) is 1. The SMILES string of the molecule is C=C/C(=C(\C=C/C)C(C)NC)C(C)(F)F.CC.CC.CC. The summed E-state index contributed by atoms with van der Waals surface area (Å²) in [6.07, 6.45) is 4.66. The van der Waals surface area contributed by atoms with Crippen molar-refractivity contribution in [3.05, 3.63) is 36.0 Å². The van der Waals surface area contributed by atoms with E-state index in [0.717, 1.165) is 6.92 Å². The summed E-state index contributed by atoms with van der Waals surface area (Å²) in [5, 5.41) is 2.95. The van der Waals surface area contributed by atoms with Gasteiger partial charge < -0.3 is 5.32 Å². The highest BCUT2D eigenvalue weighted by Gasteiger charge is 2.28. The zero-order valence-electron chi connectivity index (χ0n) is 15.8. The zero-order valence-corrected chi connectivity index (χ0v) is 15.8. The van der Waals surface area contributed by atoms with Gasteiger partial charge in [-0.15, -0.1) is 0 Å². The highest BCUT2D eigenvalue weighted by molar-refractivity contribution is 5.39. The van der Waals surface area contributed by atoms with Gasteiger partial charge in [-0.25, -0.2) is 8.78 Å². The van der Waals surface area contributed by atoms with Gasteiger partial charge >= 0.3 is 0 Å². The van der Waals surface area contributed by atoms with Gasteiger partial charge in [-0.3, -0.25) is 0 Å². The molecule has 0 heterocycles. The van der Waals surface area contributed by atoms with E-state index in [1.165, 1.54) is 6.08 Å². The summed E-state index contributed by atoms with van der Waals surface area (Å²) in [7, 11) is 1.74. The Morgan fingerprint density at radius 2 is 1.48 bits per heavy atom. The molecule has 0 spiro atoms. The lowest BCUT2D eigenvalue weighted by Crippen LogP contribution is -2.27. The van der Waals surface area contributed by atoms with Crippen LogP contribution in [0.15, 0.2) is 36.0 Å². The van der Waals surface area contributed by atoms with Crippen LogP contribution in [0.25, 0.3) is 0 Å². The van der Waals surface area contributed by atoms with E-state index in [2.05, 4.69) is 11.9 Å². The fraction of sp³-hybridized carbons (Fsp3) is 0.667. The monoisotopic (exact) mass is 305 g/mol. The van der Waals surface area contributed by atoms with Gasteiger partial charge in [0.1, 0.15) is 0 Å². The molecule has 0 rings (SSSR count). The second-order valence-corrected chi connectivity index (χ2v) is 3.47. The first-order chi connectivity index (χ1) is 9.88. The normalized spacial score (nSPS) is 12.6. The van der Waals surface area contributed by atoms with Crippen molar-refractivity contribution >= 4 is 0 Å². The summed E-state index contributed by atoms with van der Waals surface area (Å²) in [5.41, 5.74) is 0.546. The molecule has 3 heteroatoms. The average Bonchev–Trinajstić information content (AvgIpc) is 2.51. The second kappa shape index (κ2) is 19.0. The number of allylic oxidation sites excluding steroid dienone is 3. The molecule has 1 nitrogen and oxygen atoms in total. The summed E-state index contributed by atoms with van der Waals surface area (Å²) in [6.45, 7) is 20.0. The fourth-order valence-corrected chi connectivity index (χ4v) is 1.35. The number of halogens is 2. The van der Waals surface area contributed by atoms with Gasteiger partial charge in [0, 0.05) is 18.5 Å². The number of likely N-dealkylation sites (N-methyl/N-ethyl adjacent to an activating group) is 1. The highest BCUT2D eigenvalue weighted by Crippen LogP contribution is 2.28. The van der Waals surface area contributed by atoms with Crippen LogP contribution in [0.2, 0.25) is 0 Å². The first-order valence-electron chi connectivity index (χ1n) is 7.93. The molecule has 0 saturated heterocycles. The molecule has 0 saturated carbocycles. The Labute approximate surface area is 132 Å². The fourth-order valence-electron chi connectivity index (χ4n) is 1.35. The third-order valence-corrected chi connectivity index (χ3v) is 2.23. The van der Waals surface area contributed by atoms with Crippen molar-refractivity contribution < 1.29 is 8.78 Å². The van der Waals surface area contributed by atoms with Crippen molar-refractivity contribution in [1.82, 2.24) is 5.32 Å². The minimum Gasteiger partial charge on any atom is -0.313 e. The lowest BCUT2D eigenvalue weighted by Gasteiger charge is -2.20. The van der Waals surface area contributed by atoms with Crippen molar-refractivity contribution in [2.45, 2.75) is 74.3 Å². The maximum Gasteiger partial charge on any atom is 0.270 e. The molecule has 0 aromatic carbocycles. The molecule has 1 N–H and O–H groups in total. The van der Waals surface area contributed by atoms with E-state index in [9.17, 15) is 8.78 Å². The van der Waals surface area contributed by atoms with Crippen LogP contribution in [0, 0.1) is 0 Å². The molecule has 21 heavy (non-hydrogen) atoms. The molecule has 0 radical (unpaired) electrons. The van der Waals surface area contributed by atoms with E-state index < -0.39 is 5.92 Å². The van der Waals surface area contributed by atoms with Gasteiger partial charge in [0.05, 0.1) is 0 Å². The molecular weight excluding hydrogens is 268 g/mol. The predicted octanol–water partition coefficient (Wildman–Crippen LogP) is 6.39. The van der Waals surface area contributed by atoms with Crippen LogP contribution in [0.4, 0.5) is 8.78 Å². The number of alkyl halides is 2. The molecule has 0 aromatic heterocycles. The molecule has 0 aromatic rings. The van der Waals surface area contributed by atoms with Crippen LogP contribution in [0.3, 0.4) is 0 Å². The van der Waals surface area contributed by atoms with Crippen molar-refractivity contribution in [2.24, 2.45) is 0 Å². The van der Waals surface area contributed by atoms with E-state index in [-0.39, 0.29) is 11.6 Å². The van der Waals surface area contributed by atoms with E-state index >= 15 is 0 Å². The van der Waals surface area contributed by atoms with Crippen molar-refractivity contribution in [1.29, 1.82) is 0 Å². The minimum absolute atomic E-state index is 0.0255. The number of hydrogen-bond acceptors (Lipinski definition) is 1. The van der Waals surface area contributed by atoms with Crippen LogP contribution < -0.4 is 5.32 Å². The summed E-state index contributed by atoms with van der Waals surface area (Å²) < 4.78 is 26.5. The van der Waals surface area contributed by atoms with Gasteiger partial charge in [-0.1, -0.05) is 66.3 Å². The summed E-state index contributed by atoms with van der Waals surface area (Å²) in [5.74, 6) is -2.86. The van der Waals surface area contributed by atoms with Crippen molar-refractivity contribution in [3.63, 3.8) is 0 Å². The van der Waals surface area contributed by atoms with Gasteiger partial charge in [0.15, 0.2) is 0 Å². The molecule has 0 bridgehead atoms. The van der Waals surface area contributed by atoms with E-state index in [1.807, 2.05) is 48.5 Å². The Kier molecular flexibility index (Phi) is 25.6. The highest BCUT2D eigenvalue weighted by atomic mass is 19.3. The summed E-state index contributed by atoms with van der Waals surface area (Å²) in [6, 6.07) is -0.125. The molecular formula is C18H37F2N. The van der Waals surface area contributed by atoms with Crippen LogP contribution in [0.1, 0.15) is 62.3 Å². The average molecular weight is 305 g/mol. The standard InChI is InChI=1S/C12H19F2N.3C2H6/c1-6-8-10(9(3)15-5)11(7-2)12(4,13)14;3*1-2/h6-9,15H,2H2,1,3-5H3;3*1-2H3/b8-6-,11-10-;;;. The van der Waals surface area contributed by atoms with Crippen molar-refractivity contribution in [3.8, 4) is 0 Å². The minimum atomic E-state index is -2.86. The van der Waals surface area contributed by atoms with Crippen LogP contribution in [-0.4, -0.2) is 19.0 Å². The lowest BCUT2D eigenvalue weighted by molar-refractivity contribution is 0.0662. The summed E-state index contributed by atoms with van der Waals surface area (Å²) in [4.78, 5) is 0. The molecule has 0 aliphatic heterocycles. The quantitative estimate of drug-likeness (QED) is 0.580. The van der Waals surface area contributed by atoms with Gasteiger partial charge in [0.2, 0.25) is 0 Å². The molecule has 1 atom stereocenters. The Bertz CT molecular complexity index is 273. The smallest absolute Gasteiger partial charge is 0.270 e. The lowest BCUT2D eigenvalue weighted by atomic mass is 9.97. The molecule has 1 unspecified atom stereocenters. The Morgan fingerprint density at radius 3 is 1.67 bits per heavy atom. The Hall–Kier alpha value is -0.960. The van der Waals surface area contributed by atoms with Gasteiger partial charge in [0.25, 0.3) is 5.92 Å². The summed E-state index contributed by atoms with van der Waals surface area (Å²) >= 11 is 0. The predicted molar refractivity (Wildman–Crippen MR) is 95.2 cm³/mol. The second-order valence-electron chi connectivity index (χ2n) is 3.47. The Balaban J connectivity index is -0.000000212. The van der Waals surface area contributed by atoms with Crippen molar-refractivity contribution in [2.75, 3.05) is 7.05 Å². The van der Waals surface area contributed by atoms with E-state index in [1.54, 1.807) is 26.1 Å². The molecule has 0 aliphatic carbocycles. The molecule has 0 fully saturated rings. The van der Waals surface area contributed by atoms with Gasteiger partial charge in [-0.05, 0) is 26.5 Å². The number of hydrogen-bond donors (Lipinski definition) is 1. The first-order valence-corrected chi connectivity index (χ1v) is 7.93. The molecule has 128 valence electrons. The topological polar surface area (TPSA) is 12.0 Å². The largest absolute Gasteiger partial charge is 0.313 e. The third-order valence-electron chi connectivity index (χ3n) is 2.23.